The van der Waals surface area contributed by atoms with Crippen LogP contribution in [0.15, 0.2) is 53.4 Å². The lowest BCUT2D eigenvalue weighted by atomic mass is 10.1. The van der Waals surface area contributed by atoms with E-state index in [0.717, 1.165) is 21.0 Å². The van der Waals surface area contributed by atoms with Crippen molar-refractivity contribution in [3.63, 3.8) is 0 Å². The summed E-state index contributed by atoms with van der Waals surface area (Å²) in [6.45, 7) is 9.82. The molecule has 1 N–H and O–H groups in total. The summed E-state index contributed by atoms with van der Waals surface area (Å²) in [6.07, 6.45) is 0. The second kappa shape index (κ2) is 11.4. The number of carbonyl (C=O) groups excluding carboxylic acids is 2. The van der Waals surface area contributed by atoms with Crippen LogP contribution < -0.4 is 5.32 Å². The van der Waals surface area contributed by atoms with E-state index in [9.17, 15) is 18.0 Å². The van der Waals surface area contributed by atoms with E-state index in [-0.39, 0.29) is 29.8 Å². The standard InChI is InChI=1S/C25H35N3O4S/c1-18(2)15-26-25(30)21(5)28(16-22-11-7-19(3)8-12-22)24(29)17-27(6)33(31,32)23-13-9-20(4)10-14-23/h7-14,18,21H,15-17H2,1-6H3,(H,26,30)/t21-/m0/s1. The summed E-state index contributed by atoms with van der Waals surface area (Å²) in [5, 5.41) is 2.86. The molecule has 7 nitrogen and oxygen atoms in total. The van der Waals surface area contributed by atoms with E-state index in [0.29, 0.717) is 6.54 Å². The van der Waals surface area contributed by atoms with Crippen LogP contribution in [-0.4, -0.2) is 55.6 Å². The van der Waals surface area contributed by atoms with E-state index >= 15 is 0 Å². The van der Waals surface area contributed by atoms with Crippen LogP contribution in [0.1, 0.15) is 37.5 Å². The van der Waals surface area contributed by atoms with Crippen molar-refractivity contribution in [3.8, 4) is 0 Å². The summed E-state index contributed by atoms with van der Waals surface area (Å²) < 4.78 is 26.9. The zero-order valence-corrected chi connectivity index (χ0v) is 21.1. The highest BCUT2D eigenvalue weighted by Crippen LogP contribution is 2.17. The van der Waals surface area contributed by atoms with Crippen molar-refractivity contribution in [2.24, 2.45) is 5.92 Å². The molecule has 180 valence electrons. The zero-order valence-electron chi connectivity index (χ0n) is 20.3. The lowest BCUT2D eigenvalue weighted by Crippen LogP contribution is -2.51. The minimum Gasteiger partial charge on any atom is -0.354 e. The fourth-order valence-electron chi connectivity index (χ4n) is 3.18. The maximum absolute atomic E-state index is 13.3. The van der Waals surface area contributed by atoms with Gasteiger partial charge in [0.2, 0.25) is 21.8 Å². The first-order valence-electron chi connectivity index (χ1n) is 11.1. The van der Waals surface area contributed by atoms with Crippen LogP contribution in [0.5, 0.6) is 0 Å². The van der Waals surface area contributed by atoms with Crippen LogP contribution in [0.2, 0.25) is 0 Å². The van der Waals surface area contributed by atoms with Crippen LogP contribution in [0.25, 0.3) is 0 Å². The number of hydrogen-bond acceptors (Lipinski definition) is 4. The number of nitrogens with one attached hydrogen (secondary N) is 1. The summed E-state index contributed by atoms with van der Waals surface area (Å²) >= 11 is 0. The van der Waals surface area contributed by atoms with Crippen LogP contribution in [0.4, 0.5) is 0 Å². The topological polar surface area (TPSA) is 86.8 Å². The molecule has 0 bridgehead atoms. The minimum atomic E-state index is -3.84. The SMILES string of the molecule is Cc1ccc(CN(C(=O)CN(C)S(=O)(=O)c2ccc(C)cc2)[C@@H](C)C(=O)NCC(C)C)cc1. The monoisotopic (exact) mass is 473 g/mol. The van der Waals surface area contributed by atoms with Gasteiger partial charge in [-0.25, -0.2) is 8.42 Å². The Morgan fingerprint density at radius 1 is 0.909 bits per heavy atom. The number of aryl methyl sites for hydroxylation is 2. The summed E-state index contributed by atoms with van der Waals surface area (Å²) in [5.41, 5.74) is 2.89. The third-order valence-corrected chi connectivity index (χ3v) is 7.23. The maximum atomic E-state index is 13.3. The highest BCUT2D eigenvalue weighted by Gasteiger charge is 2.30. The van der Waals surface area contributed by atoms with E-state index in [1.807, 2.05) is 52.0 Å². The van der Waals surface area contributed by atoms with Gasteiger partial charge in [0.25, 0.3) is 0 Å². The predicted molar refractivity (Wildman–Crippen MR) is 130 cm³/mol. The molecule has 0 unspecified atom stereocenters. The molecular formula is C25H35N3O4S. The summed E-state index contributed by atoms with van der Waals surface area (Å²) in [4.78, 5) is 27.6. The number of rotatable bonds is 10. The first-order valence-corrected chi connectivity index (χ1v) is 12.5. The molecule has 2 aromatic rings. The van der Waals surface area contributed by atoms with Crippen molar-refractivity contribution >= 4 is 21.8 Å². The van der Waals surface area contributed by atoms with E-state index in [4.69, 9.17) is 0 Å². The Morgan fingerprint density at radius 3 is 1.94 bits per heavy atom. The number of nitrogens with zero attached hydrogens (tertiary/aromatic N) is 2. The van der Waals surface area contributed by atoms with E-state index in [1.54, 1.807) is 19.1 Å². The number of benzene rings is 2. The van der Waals surface area contributed by atoms with Crippen LogP contribution >= 0.6 is 0 Å². The van der Waals surface area contributed by atoms with Crippen LogP contribution in [0, 0.1) is 19.8 Å². The average Bonchev–Trinajstić information content (AvgIpc) is 2.76. The fraction of sp³-hybridized carbons (Fsp3) is 0.440. The molecule has 0 fully saturated rings. The molecule has 0 spiro atoms. The van der Waals surface area contributed by atoms with Crippen molar-refractivity contribution in [1.29, 1.82) is 0 Å². The van der Waals surface area contributed by atoms with Gasteiger partial charge >= 0.3 is 0 Å². The minimum absolute atomic E-state index is 0.121. The van der Waals surface area contributed by atoms with Gasteiger partial charge in [-0.3, -0.25) is 9.59 Å². The van der Waals surface area contributed by atoms with Crippen LogP contribution in [-0.2, 0) is 26.2 Å². The summed E-state index contributed by atoms with van der Waals surface area (Å²) in [5.74, 6) is -0.442. The van der Waals surface area contributed by atoms with Gasteiger partial charge in [0.1, 0.15) is 6.04 Å². The Hall–Kier alpha value is -2.71. The molecular weight excluding hydrogens is 438 g/mol. The van der Waals surface area contributed by atoms with E-state index in [1.165, 1.54) is 24.1 Å². The maximum Gasteiger partial charge on any atom is 0.243 e. The van der Waals surface area contributed by atoms with Gasteiger partial charge in [-0.2, -0.15) is 4.31 Å². The molecule has 33 heavy (non-hydrogen) atoms. The molecule has 2 aromatic carbocycles. The van der Waals surface area contributed by atoms with Crippen molar-refractivity contribution in [2.75, 3.05) is 20.1 Å². The molecule has 0 aliphatic carbocycles. The second-order valence-corrected chi connectivity index (χ2v) is 10.9. The van der Waals surface area contributed by atoms with Gasteiger partial charge in [-0.15, -0.1) is 0 Å². The van der Waals surface area contributed by atoms with Gasteiger partial charge in [0.05, 0.1) is 11.4 Å². The first kappa shape index (κ1) is 26.5. The zero-order chi connectivity index (χ0) is 24.8. The molecule has 0 saturated carbocycles. The Morgan fingerprint density at radius 2 is 1.42 bits per heavy atom. The third-order valence-electron chi connectivity index (χ3n) is 5.41. The molecule has 2 amide bonds. The molecule has 1 atom stereocenters. The summed E-state index contributed by atoms with van der Waals surface area (Å²) in [7, 11) is -2.47. The Kier molecular flexibility index (Phi) is 9.19. The quantitative estimate of drug-likeness (QED) is 0.574. The number of sulfonamides is 1. The van der Waals surface area contributed by atoms with E-state index < -0.39 is 22.0 Å². The largest absolute Gasteiger partial charge is 0.354 e. The highest BCUT2D eigenvalue weighted by atomic mass is 32.2. The molecule has 2 rings (SSSR count). The molecule has 0 aliphatic heterocycles. The van der Waals surface area contributed by atoms with Crippen LogP contribution in [0.3, 0.4) is 0 Å². The Balaban J connectivity index is 2.24. The van der Waals surface area contributed by atoms with Crippen molar-refractivity contribution < 1.29 is 18.0 Å². The smallest absolute Gasteiger partial charge is 0.243 e. The van der Waals surface area contributed by atoms with Gasteiger partial charge in [-0.1, -0.05) is 61.4 Å². The van der Waals surface area contributed by atoms with Crippen molar-refractivity contribution in [1.82, 2.24) is 14.5 Å². The number of hydrogen-bond donors (Lipinski definition) is 1. The predicted octanol–water partition coefficient (Wildman–Crippen LogP) is 3.11. The Bertz CT molecular complexity index is 1050. The molecule has 0 aromatic heterocycles. The highest BCUT2D eigenvalue weighted by molar-refractivity contribution is 7.89. The van der Waals surface area contributed by atoms with E-state index in [2.05, 4.69) is 5.32 Å². The second-order valence-electron chi connectivity index (χ2n) is 8.90. The van der Waals surface area contributed by atoms with Crippen molar-refractivity contribution in [3.05, 3.63) is 65.2 Å². The first-order chi connectivity index (χ1) is 15.4. The van der Waals surface area contributed by atoms with Gasteiger partial charge in [-0.05, 0) is 44.4 Å². The molecule has 0 saturated heterocycles. The number of likely N-dealkylation sites (N-methyl/N-ethyl adjacent to an activating group) is 1. The number of amides is 2. The molecule has 0 radical (unpaired) electrons. The molecule has 0 heterocycles. The molecule has 8 heteroatoms. The lowest BCUT2D eigenvalue weighted by Gasteiger charge is -2.30. The average molecular weight is 474 g/mol. The fourth-order valence-corrected chi connectivity index (χ4v) is 4.30. The third kappa shape index (κ3) is 7.40. The van der Waals surface area contributed by atoms with Gasteiger partial charge < -0.3 is 10.2 Å². The molecule has 0 aliphatic rings. The van der Waals surface area contributed by atoms with Crippen molar-refractivity contribution in [2.45, 2.75) is 52.1 Å². The Labute approximate surface area is 197 Å². The summed E-state index contributed by atoms with van der Waals surface area (Å²) in [6, 6.07) is 13.4. The number of carbonyl (C=O) groups is 2. The normalized spacial score (nSPS) is 12.6. The van der Waals surface area contributed by atoms with Gasteiger partial charge in [0, 0.05) is 20.1 Å². The van der Waals surface area contributed by atoms with Gasteiger partial charge in [0.15, 0.2) is 0 Å². The lowest BCUT2D eigenvalue weighted by molar-refractivity contribution is -0.140.